The fourth-order valence-corrected chi connectivity index (χ4v) is 4.00. The van der Waals surface area contributed by atoms with Crippen LogP contribution in [0.4, 0.5) is 13.2 Å². The lowest BCUT2D eigenvalue weighted by atomic mass is 10.1. The van der Waals surface area contributed by atoms with Crippen LogP contribution < -0.4 is 0 Å². The summed E-state index contributed by atoms with van der Waals surface area (Å²) in [6.07, 6.45) is -2.25. The predicted molar refractivity (Wildman–Crippen MR) is 107 cm³/mol. The Morgan fingerprint density at radius 1 is 1.33 bits per heavy atom. The quantitative estimate of drug-likeness (QED) is 0.779. The van der Waals surface area contributed by atoms with Crippen LogP contribution >= 0.6 is 11.3 Å². The Kier molecular flexibility index (Phi) is 7.64. The van der Waals surface area contributed by atoms with E-state index >= 15 is 0 Å². The number of aromatic nitrogens is 2. The van der Waals surface area contributed by atoms with Crippen molar-refractivity contribution in [1.82, 2.24) is 19.6 Å². The van der Waals surface area contributed by atoms with Crippen molar-refractivity contribution in [2.24, 2.45) is 0 Å². The Labute approximate surface area is 176 Å². The first-order valence-electron chi connectivity index (χ1n) is 9.23. The van der Waals surface area contributed by atoms with Crippen LogP contribution in [0.25, 0.3) is 0 Å². The molecule has 0 saturated carbocycles. The number of alkyl halides is 3. The molecule has 166 valence electrons. The number of thiophene rings is 1. The Bertz CT molecular complexity index is 872. The zero-order valence-electron chi connectivity index (χ0n) is 17.2. The molecule has 1 amide bonds. The molecule has 2 aromatic heterocycles. The number of fused-ring (bicyclic) bond motifs is 1. The highest BCUT2D eigenvalue weighted by Crippen LogP contribution is 2.27. The van der Waals surface area contributed by atoms with Crippen LogP contribution in [-0.4, -0.2) is 69.9 Å². The van der Waals surface area contributed by atoms with Crippen molar-refractivity contribution < 1.29 is 27.9 Å². The molecule has 11 heteroatoms. The summed E-state index contributed by atoms with van der Waals surface area (Å²) in [5.74, 6) is -2.61. The molecular formula is C19H25F3N4O3S. The fraction of sp³-hybridized carbons (Fsp3) is 0.526. The van der Waals surface area contributed by atoms with Crippen LogP contribution in [-0.2, 0) is 11.3 Å². The Balaban J connectivity index is 0.000000396. The minimum atomic E-state index is -5.08. The Hall–Kier alpha value is -2.40. The summed E-state index contributed by atoms with van der Waals surface area (Å²) in [7, 11) is 4.15. The van der Waals surface area contributed by atoms with Gasteiger partial charge in [-0.1, -0.05) is 0 Å². The summed E-state index contributed by atoms with van der Waals surface area (Å²) in [4.78, 5) is 28.0. The highest BCUT2D eigenvalue weighted by atomic mass is 32.1. The molecule has 0 fully saturated rings. The predicted octanol–water partition coefficient (Wildman–Crippen LogP) is 3.34. The molecule has 2 aromatic rings. The van der Waals surface area contributed by atoms with Gasteiger partial charge in [-0.3, -0.25) is 9.48 Å². The van der Waals surface area contributed by atoms with E-state index in [-0.39, 0.29) is 11.9 Å². The second kappa shape index (κ2) is 9.61. The maximum atomic E-state index is 12.9. The number of carbonyl (C=O) groups excluding carboxylic acids is 1. The zero-order chi connectivity index (χ0) is 22.6. The van der Waals surface area contributed by atoms with Gasteiger partial charge in [0.1, 0.15) is 0 Å². The average molecular weight is 446 g/mol. The number of hydrogen-bond acceptors (Lipinski definition) is 5. The van der Waals surface area contributed by atoms with Crippen molar-refractivity contribution >= 4 is 23.2 Å². The topological polar surface area (TPSA) is 78.7 Å². The normalized spacial score (nSPS) is 16.1. The van der Waals surface area contributed by atoms with Gasteiger partial charge in [0.25, 0.3) is 5.91 Å². The van der Waals surface area contributed by atoms with Gasteiger partial charge in [0, 0.05) is 17.6 Å². The number of rotatable bonds is 4. The maximum absolute atomic E-state index is 12.9. The van der Waals surface area contributed by atoms with E-state index in [4.69, 9.17) is 9.90 Å². The fourth-order valence-electron chi connectivity index (χ4n) is 3.00. The van der Waals surface area contributed by atoms with E-state index in [2.05, 4.69) is 42.6 Å². The summed E-state index contributed by atoms with van der Waals surface area (Å²) in [5.41, 5.74) is 2.32. The first-order chi connectivity index (χ1) is 13.9. The number of aryl methyl sites for hydroxylation is 2. The first kappa shape index (κ1) is 23.9. The molecule has 1 unspecified atom stereocenters. The molecule has 7 nitrogen and oxygen atoms in total. The van der Waals surface area contributed by atoms with E-state index < -0.39 is 12.1 Å². The van der Waals surface area contributed by atoms with Gasteiger partial charge in [-0.25, -0.2) is 4.79 Å². The molecule has 0 bridgehead atoms. The van der Waals surface area contributed by atoms with Crippen LogP contribution in [0.5, 0.6) is 0 Å². The first-order valence-corrected chi connectivity index (χ1v) is 10.0. The van der Waals surface area contributed by atoms with Gasteiger partial charge in [0.2, 0.25) is 0 Å². The standard InChI is InChI=1S/C17H24N4OS.C2HF3O2/c1-12-9-16(23-13(12)2)17(22)20-10-14-5-7-18-21(14)15(11-20)6-8-19(3)4;3-2(4,5)1(6)7/h5,7,9,15H,6,8,10-11H2,1-4H3;(H,6,7). The summed E-state index contributed by atoms with van der Waals surface area (Å²) in [6.45, 7) is 6.50. The highest BCUT2D eigenvalue weighted by Gasteiger charge is 2.38. The van der Waals surface area contributed by atoms with Gasteiger partial charge in [0.05, 0.1) is 23.2 Å². The van der Waals surface area contributed by atoms with E-state index in [0.29, 0.717) is 6.54 Å². The largest absolute Gasteiger partial charge is 0.490 e. The highest BCUT2D eigenvalue weighted by molar-refractivity contribution is 7.14. The van der Waals surface area contributed by atoms with Crippen LogP contribution in [0.1, 0.15) is 38.3 Å². The van der Waals surface area contributed by atoms with Crippen LogP contribution in [0.3, 0.4) is 0 Å². The number of carboxylic acids is 1. The molecule has 1 aliphatic rings. The van der Waals surface area contributed by atoms with Gasteiger partial charge in [-0.05, 0) is 58.6 Å². The third kappa shape index (κ3) is 6.05. The lowest BCUT2D eigenvalue weighted by Gasteiger charge is -2.34. The van der Waals surface area contributed by atoms with E-state index in [9.17, 15) is 18.0 Å². The number of carboxylic acid groups (broad SMARTS) is 1. The summed E-state index contributed by atoms with van der Waals surface area (Å²) >= 11 is 1.60. The van der Waals surface area contributed by atoms with E-state index in [1.165, 1.54) is 10.4 Å². The number of amides is 1. The maximum Gasteiger partial charge on any atom is 0.490 e. The zero-order valence-corrected chi connectivity index (χ0v) is 18.0. The Morgan fingerprint density at radius 2 is 1.97 bits per heavy atom. The number of carbonyl (C=O) groups is 2. The van der Waals surface area contributed by atoms with Crippen molar-refractivity contribution in [3.05, 3.63) is 39.3 Å². The molecule has 1 aliphatic heterocycles. The van der Waals surface area contributed by atoms with Gasteiger partial charge in [0.15, 0.2) is 0 Å². The van der Waals surface area contributed by atoms with Crippen molar-refractivity contribution in [2.75, 3.05) is 27.2 Å². The molecule has 3 heterocycles. The SMILES string of the molecule is Cc1cc(C(=O)N2Cc3ccnn3C(CCN(C)C)C2)sc1C.O=C(O)C(F)(F)F. The summed E-state index contributed by atoms with van der Waals surface area (Å²) < 4.78 is 33.8. The smallest absolute Gasteiger partial charge is 0.475 e. The monoisotopic (exact) mass is 446 g/mol. The lowest BCUT2D eigenvalue weighted by molar-refractivity contribution is -0.192. The number of halogens is 3. The van der Waals surface area contributed by atoms with Crippen LogP contribution in [0, 0.1) is 13.8 Å². The molecule has 0 saturated heterocycles. The third-order valence-corrected chi connectivity index (χ3v) is 5.84. The molecule has 0 aromatic carbocycles. The minimum Gasteiger partial charge on any atom is -0.475 e. The van der Waals surface area contributed by atoms with Gasteiger partial charge in [-0.15, -0.1) is 11.3 Å². The molecule has 0 spiro atoms. The van der Waals surface area contributed by atoms with Gasteiger partial charge < -0.3 is 14.9 Å². The van der Waals surface area contributed by atoms with Crippen molar-refractivity contribution in [2.45, 2.75) is 39.0 Å². The van der Waals surface area contributed by atoms with E-state index in [0.717, 1.165) is 30.1 Å². The minimum absolute atomic E-state index is 0.147. The third-order valence-electron chi connectivity index (χ3n) is 4.70. The molecule has 3 rings (SSSR count). The van der Waals surface area contributed by atoms with Crippen LogP contribution in [0.15, 0.2) is 18.3 Å². The number of nitrogens with zero attached hydrogens (tertiary/aromatic N) is 4. The van der Waals surface area contributed by atoms with Crippen LogP contribution in [0.2, 0.25) is 0 Å². The molecule has 30 heavy (non-hydrogen) atoms. The molecule has 0 aliphatic carbocycles. The second-order valence-corrected chi connectivity index (χ2v) is 8.61. The van der Waals surface area contributed by atoms with E-state index in [1.807, 2.05) is 23.2 Å². The lowest BCUT2D eigenvalue weighted by Crippen LogP contribution is -2.41. The second-order valence-electron chi connectivity index (χ2n) is 7.35. The molecule has 1 atom stereocenters. The van der Waals surface area contributed by atoms with E-state index in [1.54, 1.807) is 11.3 Å². The summed E-state index contributed by atoms with van der Waals surface area (Å²) in [6, 6.07) is 4.29. The van der Waals surface area contributed by atoms with Gasteiger partial charge >= 0.3 is 12.1 Å². The molecule has 1 N–H and O–H groups in total. The number of aliphatic carboxylic acids is 1. The summed E-state index contributed by atoms with van der Waals surface area (Å²) in [5, 5.41) is 11.6. The molecular weight excluding hydrogens is 421 g/mol. The van der Waals surface area contributed by atoms with Gasteiger partial charge in [-0.2, -0.15) is 18.3 Å². The number of hydrogen-bond donors (Lipinski definition) is 1. The van der Waals surface area contributed by atoms with Crippen molar-refractivity contribution in [3.63, 3.8) is 0 Å². The molecule has 0 radical (unpaired) electrons. The van der Waals surface area contributed by atoms with Crippen molar-refractivity contribution in [1.29, 1.82) is 0 Å². The van der Waals surface area contributed by atoms with Crippen molar-refractivity contribution in [3.8, 4) is 0 Å². The average Bonchev–Trinajstić information content (AvgIpc) is 3.25. The Morgan fingerprint density at radius 3 is 2.47 bits per heavy atom.